The van der Waals surface area contributed by atoms with E-state index in [1.165, 1.54) is 12.5 Å². The smallest absolute Gasteiger partial charge is 0.398 e. The van der Waals surface area contributed by atoms with Gasteiger partial charge in [-0.3, -0.25) is 4.68 Å². The maximum Gasteiger partial charge on any atom is 0.525 e. The van der Waals surface area contributed by atoms with E-state index in [4.69, 9.17) is 9.31 Å². The van der Waals surface area contributed by atoms with Gasteiger partial charge < -0.3 is 14.2 Å². The number of likely N-dealkylation sites (tertiary alicyclic amines) is 1. The molecule has 0 bridgehead atoms. The van der Waals surface area contributed by atoms with E-state index < -0.39 is 24.0 Å². The molecule has 3 rings (SSSR count). The van der Waals surface area contributed by atoms with Crippen LogP contribution in [0.5, 0.6) is 0 Å². The Balaban J connectivity index is 1.62. The summed E-state index contributed by atoms with van der Waals surface area (Å²) in [7, 11) is -0.997. The van der Waals surface area contributed by atoms with E-state index in [1.807, 2.05) is 27.7 Å². The highest BCUT2D eigenvalue weighted by Crippen LogP contribution is 2.38. The average molecular weight is 350 g/mol. The largest absolute Gasteiger partial charge is 0.525 e. The molecule has 2 fully saturated rings. The molecule has 2 aliphatic rings. The lowest BCUT2D eigenvalue weighted by molar-refractivity contribution is 0.00578. The molecule has 1 aromatic rings. The van der Waals surface area contributed by atoms with Crippen LogP contribution in [0.1, 0.15) is 46.7 Å². The van der Waals surface area contributed by atoms with Crippen molar-refractivity contribution in [1.29, 1.82) is 0 Å². The molecule has 138 valence electrons. The van der Waals surface area contributed by atoms with Crippen molar-refractivity contribution < 1.29 is 13.7 Å². The number of rotatable bonds is 5. The minimum absolute atomic E-state index is 0.483. The summed E-state index contributed by atoms with van der Waals surface area (Å²) in [6, 6.07) is 0. The second-order valence-corrected chi connectivity index (χ2v) is 8.03. The van der Waals surface area contributed by atoms with E-state index in [9.17, 15) is 4.39 Å². The molecule has 0 spiro atoms. The molecule has 8 heteroatoms. The summed E-state index contributed by atoms with van der Waals surface area (Å²) in [5.41, 5.74) is -1.12. The number of aromatic nitrogens is 3. The summed E-state index contributed by atoms with van der Waals surface area (Å²) < 4.78 is 27.7. The second-order valence-electron chi connectivity index (χ2n) is 8.03. The van der Waals surface area contributed by atoms with Crippen LogP contribution in [0.3, 0.4) is 0 Å². The molecule has 0 amide bonds. The van der Waals surface area contributed by atoms with Crippen molar-refractivity contribution in [3.63, 3.8) is 0 Å². The molecular formula is C17H28BFN4O2. The fraction of sp³-hybridized carbons (Fsp3) is 0.765. The first-order chi connectivity index (χ1) is 11.7. The van der Waals surface area contributed by atoms with Crippen LogP contribution in [0.25, 0.3) is 6.08 Å². The Morgan fingerprint density at radius 3 is 2.64 bits per heavy atom. The number of hydrogen-bond acceptors (Lipinski definition) is 5. The number of halogens is 1. The van der Waals surface area contributed by atoms with Crippen LogP contribution in [-0.2, 0) is 15.9 Å². The Hall–Kier alpha value is -1.25. The molecule has 0 saturated carbocycles. The van der Waals surface area contributed by atoms with E-state index in [0.29, 0.717) is 11.6 Å². The van der Waals surface area contributed by atoms with Crippen LogP contribution >= 0.6 is 0 Å². The number of hydrogen-bond donors (Lipinski definition) is 0. The summed E-state index contributed by atoms with van der Waals surface area (Å²) in [6.07, 6.45) is 4.29. The van der Waals surface area contributed by atoms with Gasteiger partial charge in [0.15, 0.2) is 0 Å². The van der Waals surface area contributed by atoms with Crippen LogP contribution in [0.2, 0.25) is 0 Å². The minimum Gasteiger partial charge on any atom is -0.398 e. The van der Waals surface area contributed by atoms with Crippen LogP contribution in [0.15, 0.2) is 11.9 Å². The first kappa shape index (κ1) is 18.5. The highest BCUT2D eigenvalue weighted by molar-refractivity contribution is 6.54. The van der Waals surface area contributed by atoms with Gasteiger partial charge in [-0.2, -0.15) is 0 Å². The summed E-state index contributed by atoms with van der Waals surface area (Å²) in [5, 5.41) is 8.18. The Kier molecular flexibility index (Phi) is 5.05. The highest BCUT2D eigenvalue weighted by atomic mass is 19.1. The molecule has 25 heavy (non-hydrogen) atoms. The predicted molar refractivity (Wildman–Crippen MR) is 95.4 cm³/mol. The van der Waals surface area contributed by atoms with Gasteiger partial charge >= 0.3 is 7.12 Å². The molecule has 1 aromatic heterocycles. The monoisotopic (exact) mass is 350 g/mol. The third-order valence-electron chi connectivity index (χ3n) is 5.58. The molecule has 0 aromatic carbocycles. The minimum atomic E-state index is -0.997. The fourth-order valence-electron chi connectivity index (χ4n) is 3.25. The molecular weight excluding hydrogens is 322 g/mol. The average Bonchev–Trinajstić information content (AvgIpc) is 3.20. The Bertz CT molecular complexity index is 630. The maximum absolute atomic E-state index is 14.5. The summed E-state index contributed by atoms with van der Waals surface area (Å²) >= 11 is 0. The maximum atomic E-state index is 14.5. The van der Waals surface area contributed by atoms with Crippen molar-refractivity contribution in [2.24, 2.45) is 5.92 Å². The van der Waals surface area contributed by atoms with Gasteiger partial charge in [-0.05, 0) is 59.2 Å². The third-order valence-corrected chi connectivity index (χ3v) is 5.58. The molecule has 1 atom stereocenters. The SMILES string of the molecule is CCN1CCC(Cn2cc(C=C(F)B3OC(C)(C)C(C)(C)O3)nn2)C1. The molecule has 0 aliphatic carbocycles. The van der Waals surface area contributed by atoms with Gasteiger partial charge in [0, 0.05) is 13.1 Å². The van der Waals surface area contributed by atoms with E-state index in [2.05, 4.69) is 22.1 Å². The Morgan fingerprint density at radius 2 is 2.04 bits per heavy atom. The van der Waals surface area contributed by atoms with Gasteiger partial charge in [-0.15, -0.1) is 5.10 Å². The zero-order valence-electron chi connectivity index (χ0n) is 15.8. The normalized spacial score (nSPS) is 26.6. The van der Waals surface area contributed by atoms with Crippen molar-refractivity contribution in [3.8, 4) is 0 Å². The predicted octanol–water partition coefficient (Wildman–Crippen LogP) is 2.56. The number of nitrogens with zero attached hydrogens (tertiary/aromatic N) is 4. The van der Waals surface area contributed by atoms with Gasteiger partial charge in [0.25, 0.3) is 0 Å². The Morgan fingerprint density at radius 1 is 1.36 bits per heavy atom. The molecule has 0 N–H and O–H groups in total. The first-order valence-corrected chi connectivity index (χ1v) is 9.05. The topological polar surface area (TPSA) is 52.4 Å². The second kappa shape index (κ2) is 6.81. The van der Waals surface area contributed by atoms with Crippen molar-refractivity contribution in [2.75, 3.05) is 19.6 Å². The Labute approximate surface area is 149 Å². The molecule has 0 radical (unpaired) electrons. The van der Waals surface area contributed by atoms with E-state index >= 15 is 0 Å². The molecule has 1 unspecified atom stereocenters. The standard InChI is InChI=1S/C17H28BFN4O2/c1-6-22-8-7-13(10-22)11-23-12-14(20-21-23)9-15(19)18-24-16(2,3)17(4,5)25-18/h9,12-13H,6-8,10-11H2,1-5H3. The third kappa shape index (κ3) is 3.96. The van der Waals surface area contributed by atoms with Crippen LogP contribution < -0.4 is 0 Å². The molecule has 3 heterocycles. The van der Waals surface area contributed by atoms with Gasteiger partial charge in [0.1, 0.15) is 11.4 Å². The highest BCUT2D eigenvalue weighted by Gasteiger charge is 2.53. The molecule has 2 saturated heterocycles. The van der Waals surface area contributed by atoms with Gasteiger partial charge in [-0.25, -0.2) is 4.39 Å². The van der Waals surface area contributed by atoms with Crippen molar-refractivity contribution in [3.05, 3.63) is 17.6 Å². The quantitative estimate of drug-likeness (QED) is 0.764. The first-order valence-electron chi connectivity index (χ1n) is 9.05. The van der Waals surface area contributed by atoms with E-state index in [-0.39, 0.29) is 0 Å². The lowest BCUT2D eigenvalue weighted by Crippen LogP contribution is -2.41. The summed E-state index contributed by atoms with van der Waals surface area (Å²) in [5.74, 6) is 0.575. The lowest BCUT2D eigenvalue weighted by Gasteiger charge is -2.32. The van der Waals surface area contributed by atoms with Crippen molar-refractivity contribution in [1.82, 2.24) is 19.9 Å². The van der Waals surface area contributed by atoms with Gasteiger partial charge in [0.2, 0.25) is 0 Å². The lowest BCUT2D eigenvalue weighted by atomic mass is 9.87. The summed E-state index contributed by atoms with van der Waals surface area (Å²) in [4.78, 5) is 2.43. The van der Waals surface area contributed by atoms with Crippen molar-refractivity contribution >= 4 is 13.2 Å². The van der Waals surface area contributed by atoms with Crippen LogP contribution in [0, 0.1) is 5.92 Å². The van der Waals surface area contributed by atoms with E-state index in [0.717, 1.165) is 26.2 Å². The zero-order chi connectivity index (χ0) is 18.2. The van der Waals surface area contributed by atoms with Gasteiger partial charge in [0.05, 0.1) is 17.4 Å². The van der Waals surface area contributed by atoms with Gasteiger partial charge in [-0.1, -0.05) is 12.1 Å². The molecule has 2 aliphatic heterocycles. The molecule has 6 nitrogen and oxygen atoms in total. The van der Waals surface area contributed by atoms with E-state index in [1.54, 1.807) is 10.9 Å². The van der Waals surface area contributed by atoms with Crippen molar-refractivity contribution in [2.45, 2.75) is 58.8 Å². The fourth-order valence-corrected chi connectivity index (χ4v) is 3.25. The van der Waals surface area contributed by atoms with Crippen LogP contribution in [-0.4, -0.2) is 57.8 Å². The van der Waals surface area contributed by atoms with Crippen LogP contribution in [0.4, 0.5) is 4.39 Å². The summed E-state index contributed by atoms with van der Waals surface area (Å²) in [6.45, 7) is 13.9. The zero-order valence-corrected chi connectivity index (χ0v) is 15.8.